The molecule has 0 aromatic heterocycles. The minimum Gasteiger partial charge on any atom is -0.454 e. The number of hydrogen-bond donors (Lipinski definition) is 0. The van der Waals surface area contributed by atoms with E-state index in [-0.39, 0.29) is 12.1 Å². The number of carbonyl (C=O) groups excluding carboxylic acids is 1. The first-order valence-electron chi connectivity index (χ1n) is 5.30. The Morgan fingerprint density at radius 1 is 1.43 bits per heavy atom. The Kier molecular flexibility index (Phi) is 4.66. The monoisotopic (exact) mass is 260 g/mol. The summed E-state index contributed by atoms with van der Waals surface area (Å²) in [5.74, 6) is -0.133. The smallest absolute Gasteiger partial charge is 0.339 e. The van der Waals surface area contributed by atoms with Crippen LogP contribution in [-0.4, -0.2) is 12.1 Å². The third-order valence-electron chi connectivity index (χ3n) is 2.38. The molecule has 1 unspecified atom stereocenters. The highest BCUT2D eigenvalue weighted by Gasteiger charge is 2.36. The van der Waals surface area contributed by atoms with E-state index < -0.39 is 0 Å². The number of cyclic esters (lactones) is 1. The highest BCUT2D eigenvalue weighted by molar-refractivity contribution is 9.11. The highest BCUT2D eigenvalue weighted by Crippen LogP contribution is 2.33. The lowest BCUT2D eigenvalue weighted by molar-refractivity contribution is -0.156. The molecule has 1 saturated heterocycles. The molecule has 1 aliphatic rings. The predicted molar refractivity (Wildman–Crippen MR) is 60.3 cm³/mol. The van der Waals surface area contributed by atoms with Crippen molar-refractivity contribution in [1.29, 1.82) is 0 Å². The van der Waals surface area contributed by atoms with E-state index in [1.54, 1.807) is 0 Å². The third kappa shape index (κ3) is 2.59. The summed E-state index contributed by atoms with van der Waals surface area (Å²) in [4.78, 5) is 11.2. The summed E-state index contributed by atoms with van der Waals surface area (Å²) in [6.07, 6.45) is 5.28. The standard InChI is InChI=1S/C11H17BrO2/c1-3-5-7-8(12)10-9(6-4-2)14-11(10)13/h9H,3-7H2,1-2H3/b10-8-. The second-order valence-corrected chi connectivity index (χ2v) is 4.56. The van der Waals surface area contributed by atoms with Crippen molar-refractivity contribution in [3.63, 3.8) is 0 Å². The van der Waals surface area contributed by atoms with Crippen molar-refractivity contribution in [1.82, 2.24) is 0 Å². The van der Waals surface area contributed by atoms with Crippen molar-refractivity contribution in [2.24, 2.45) is 0 Å². The van der Waals surface area contributed by atoms with Gasteiger partial charge in [-0.3, -0.25) is 0 Å². The predicted octanol–water partition coefficient (Wildman–Crippen LogP) is 3.55. The zero-order chi connectivity index (χ0) is 10.6. The number of carbonyl (C=O) groups is 1. The van der Waals surface area contributed by atoms with Crippen LogP contribution in [0.5, 0.6) is 0 Å². The van der Waals surface area contributed by atoms with Crippen molar-refractivity contribution >= 4 is 21.9 Å². The second kappa shape index (κ2) is 5.54. The topological polar surface area (TPSA) is 26.3 Å². The summed E-state index contributed by atoms with van der Waals surface area (Å²) in [6, 6.07) is 0. The first-order valence-corrected chi connectivity index (χ1v) is 6.09. The Labute approximate surface area is 93.8 Å². The van der Waals surface area contributed by atoms with Crippen molar-refractivity contribution in [2.45, 2.75) is 52.1 Å². The first kappa shape index (κ1) is 11.8. The Morgan fingerprint density at radius 2 is 2.14 bits per heavy atom. The van der Waals surface area contributed by atoms with Crippen LogP contribution < -0.4 is 0 Å². The van der Waals surface area contributed by atoms with Gasteiger partial charge in [-0.15, -0.1) is 0 Å². The SMILES string of the molecule is CCCC/C(Br)=C1/C(=O)OC1CCC. The molecule has 1 rings (SSSR count). The number of ether oxygens (including phenoxy) is 1. The molecule has 80 valence electrons. The maximum Gasteiger partial charge on any atom is 0.339 e. The molecule has 0 radical (unpaired) electrons. The average Bonchev–Trinajstić information content (AvgIpc) is 2.14. The Morgan fingerprint density at radius 3 is 2.64 bits per heavy atom. The van der Waals surface area contributed by atoms with E-state index in [0.717, 1.165) is 42.2 Å². The Hall–Kier alpha value is -0.310. The van der Waals surface area contributed by atoms with E-state index in [4.69, 9.17) is 4.74 Å². The number of allylic oxidation sites excluding steroid dienone is 1. The third-order valence-corrected chi connectivity index (χ3v) is 3.21. The van der Waals surface area contributed by atoms with Gasteiger partial charge < -0.3 is 4.74 Å². The van der Waals surface area contributed by atoms with Crippen molar-refractivity contribution in [3.8, 4) is 0 Å². The van der Waals surface area contributed by atoms with Crippen LogP contribution in [0.15, 0.2) is 10.1 Å². The molecule has 1 atom stereocenters. The lowest BCUT2D eigenvalue weighted by atomic mass is 9.98. The molecule has 1 heterocycles. The summed E-state index contributed by atoms with van der Waals surface area (Å²) in [5.41, 5.74) is 0.875. The minimum absolute atomic E-state index is 0.0544. The van der Waals surface area contributed by atoms with Crippen LogP contribution in [0.3, 0.4) is 0 Å². The lowest BCUT2D eigenvalue weighted by Crippen LogP contribution is -2.37. The van der Waals surface area contributed by atoms with Crippen LogP contribution >= 0.6 is 15.9 Å². The maximum atomic E-state index is 11.2. The van der Waals surface area contributed by atoms with Crippen LogP contribution in [0.1, 0.15) is 46.0 Å². The summed E-state index contributed by atoms with van der Waals surface area (Å²) in [6.45, 7) is 4.25. The quantitative estimate of drug-likeness (QED) is 0.558. The highest BCUT2D eigenvalue weighted by atomic mass is 79.9. The van der Waals surface area contributed by atoms with Crippen molar-refractivity contribution in [2.75, 3.05) is 0 Å². The van der Waals surface area contributed by atoms with Gasteiger partial charge in [0.2, 0.25) is 0 Å². The normalized spacial score (nSPS) is 24.2. The number of rotatable bonds is 5. The molecule has 0 aromatic carbocycles. The second-order valence-electron chi connectivity index (χ2n) is 3.60. The van der Waals surface area contributed by atoms with Crippen LogP contribution in [0.25, 0.3) is 0 Å². The summed E-state index contributed by atoms with van der Waals surface area (Å²) in [7, 11) is 0. The van der Waals surface area contributed by atoms with E-state index >= 15 is 0 Å². The summed E-state index contributed by atoms with van der Waals surface area (Å²) < 4.78 is 6.12. The van der Waals surface area contributed by atoms with Gasteiger partial charge in [-0.05, 0) is 19.3 Å². The molecule has 1 aliphatic heterocycles. The van der Waals surface area contributed by atoms with Crippen LogP contribution in [0, 0.1) is 0 Å². The fraction of sp³-hybridized carbons (Fsp3) is 0.727. The molecule has 14 heavy (non-hydrogen) atoms. The average molecular weight is 261 g/mol. The van der Waals surface area contributed by atoms with E-state index in [1.165, 1.54) is 0 Å². The molecule has 0 saturated carbocycles. The van der Waals surface area contributed by atoms with E-state index in [2.05, 4.69) is 29.8 Å². The molecule has 1 fully saturated rings. The first-order chi connectivity index (χ1) is 6.70. The van der Waals surface area contributed by atoms with Gasteiger partial charge in [0.1, 0.15) is 6.10 Å². The van der Waals surface area contributed by atoms with Gasteiger partial charge in [-0.1, -0.05) is 42.6 Å². The van der Waals surface area contributed by atoms with Gasteiger partial charge in [0, 0.05) is 4.48 Å². The number of unbranched alkanes of at least 4 members (excludes halogenated alkanes) is 1. The van der Waals surface area contributed by atoms with E-state index in [1.807, 2.05) is 0 Å². The molecule has 0 aromatic rings. The largest absolute Gasteiger partial charge is 0.454 e. The maximum absolute atomic E-state index is 11.2. The van der Waals surface area contributed by atoms with Crippen molar-refractivity contribution in [3.05, 3.63) is 10.1 Å². The van der Waals surface area contributed by atoms with Gasteiger partial charge in [-0.2, -0.15) is 0 Å². The number of halogens is 1. The van der Waals surface area contributed by atoms with E-state index in [9.17, 15) is 4.79 Å². The molecular weight excluding hydrogens is 244 g/mol. The minimum atomic E-state index is -0.133. The van der Waals surface area contributed by atoms with Gasteiger partial charge in [0.15, 0.2) is 0 Å². The fourth-order valence-electron chi connectivity index (χ4n) is 1.54. The van der Waals surface area contributed by atoms with Crippen LogP contribution in [0.2, 0.25) is 0 Å². The Bertz CT molecular complexity index is 246. The molecule has 0 aliphatic carbocycles. The van der Waals surface area contributed by atoms with Crippen LogP contribution in [0.4, 0.5) is 0 Å². The lowest BCUT2D eigenvalue weighted by Gasteiger charge is -2.30. The van der Waals surface area contributed by atoms with Crippen molar-refractivity contribution < 1.29 is 9.53 Å². The molecule has 0 bridgehead atoms. The summed E-state index contributed by atoms with van der Waals surface area (Å²) in [5, 5.41) is 0. The van der Waals surface area contributed by atoms with Gasteiger partial charge >= 0.3 is 5.97 Å². The number of hydrogen-bond acceptors (Lipinski definition) is 2. The van der Waals surface area contributed by atoms with Crippen LogP contribution in [-0.2, 0) is 9.53 Å². The molecule has 0 amide bonds. The fourth-order valence-corrected chi connectivity index (χ4v) is 2.24. The van der Waals surface area contributed by atoms with Gasteiger partial charge in [0.05, 0.1) is 5.57 Å². The van der Waals surface area contributed by atoms with Gasteiger partial charge in [0.25, 0.3) is 0 Å². The summed E-state index contributed by atoms with van der Waals surface area (Å²) >= 11 is 3.49. The Balaban J connectivity index is 2.57. The zero-order valence-corrected chi connectivity index (χ0v) is 10.4. The molecular formula is C11H17BrO2. The molecule has 0 spiro atoms. The molecule has 0 N–H and O–H groups in total. The number of esters is 1. The van der Waals surface area contributed by atoms with E-state index in [0.29, 0.717) is 0 Å². The molecule has 3 heteroatoms. The zero-order valence-electron chi connectivity index (χ0n) is 8.81. The molecule has 2 nitrogen and oxygen atoms in total. The van der Waals surface area contributed by atoms with Gasteiger partial charge in [-0.25, -0.2) is 4.79 Å².